The minimum absolute atomic E-state index is 0.0513. The van der Waals surface area contributed by atoms with Gasteiger partial charge in [-0.25, -0.2) is 0 Å². The van der Waals surface area contributed by atoms with Crippen LogP contribution in [0.4, 0.5) is 5.82 Å². The fraction of sp³-hybridized carbons (Fsp3) is 0.222. The summed E-state index contributed by atoms with van der Waals surface area (Å²) in [5.41, 5.74) is 2.60. The van der Waals surface area contributed by atoms with E-state index in [0.717, 1.165) is 35.9 Å². The molecule has 1 aromatic heterocycles. The summed E-state index contributed by atoms with van der Waals surface area (Å²) in [4.78, 5) is 16.9. The smallest absolute Gasteiger partial charge is 0.253 e. The number of amides is 1. The van der Waals surface area contributed by atoms with E-state index in [1.807, 2.05) is 60.4 Å². The lowest BCUT2D eigenvalue weighted by Crippen LogP contribution is -2.49. The van der Waals surface area contributed by atoms with E-state index in [4.69, 9.17) is 4.74 Å². The van der Waals surface area contributed by atoms with Crippen LogP contribution in [0.2, 0.25) is 0 Å². The van der Waals surface area contributed by atoms with E-state index in [2.05, 4.69) is 45.4 Å². The Bertz CT molecular complexity index is 1250. The summed E-state index contributed by atoms with van der Waals surface area (Å²) >= 11 is 0. The van der Waals surface area contributed by atoms with Gasteiger partial charge in [-0.05, 0) is 60.2 Å². The van der Waals surface area contributed by atoms with Gasteiger partial charge >= 0.3 is 0 Å². The van der Waals surface area contributed by atoms with Gasteiger partial charge in [-0.3, -0.25) is 4.79 Å². The molecule has 0 radical (unpaired) electrons. The van der Waals surface area contributed by atoms with Crippen LogP contribution in [0.5, 0.6) is 5.75 Å². The highest BCUT2D eigenvalue weighted by molar-refractivity contribution is 5.94. The number of anilines is 1. The third-order valence-electron chi connectivity index (χ3n) is 6.00. The highest BCUT2D eigenvalue weighted by Crippen LogP contribution is 2.24. The van der Waals surface area contributed by atoms with E-state index < -0.39 is 0 Å². The van der Waals surface area contributed by atoms with Gasteiger partial charge in [-0.15, -0.1) is 10.2 Å². The number of carbonyl (C=O) groups is 1. The number of fused-ring (bicyclic) bond motifs is 1. The van der Waals surface area contributed by atoms with Crippen molar-refractivity contribution in [1.29, 1.82) is 0 Å². The van der Waals surface area contributed by atoms with Crippen molar-refractivity contribution >= 4 is 22.5 Å². The van der Waals surface area contributed by atoms with Crippen molar-refractivity contribution in [2.45, 2.75) is 6.92 Å². The molecule has 2 heterocycles. The molecule has 0 N–H and O–H groups in total. The molecule has 1 aliphatic rings. The summed E-state index contributed by atoms with van der Waals surface area (Å²) in [5.74, 6) is 1.67. The van der Waals surface area contributed by atoms with Crippen LogP contribution in [0.3, 0.4) is 0 Å². The van der Waals surface area contributed by atoms with E-state index in [1.54, 1.807) is 0 Å². The Kier molecular flexibility index (Phi) is 5.89. The van der Waals surface area contributed by atoms with Crippen molar-refractivity contribution in [2.75, 3.05) is 37.7 Å². The first kappa shape index (κ1) is 20.9. The number of hydrogen-bond donors (Lipinski definition) is 0. The van der Waals surface area contributed by atoms with Crippen LogP contribution in [0.25, 0.3) is 22.0 Å². The summed E-state index contributed by atoms with van der Waals surface area (Å²) in [7, 11) is 0. The van der Waals surface area contributed by atoms with Gasteiger partial charge in [-0.2, -0.15) is 0 Å². The first-order valence-electron chi connectivity index (χ1n) is 11.3. The average molecular weight is 439 g/mol. The van der Waals surface area contributed by atoms with Crippen molar-refractivity contribution in [1.82, 2.24) is 15.1 Å². The van der Waals surface area contributed by atoms with E-state index in [1.165, 1.54) is 10.8 Å². The molecule has 0 bridgehead atoms. The van der Waals surface area contributed by atoms with Crippen LogP contribution in [-0.4, -0.2) is 53.8 Å². The Balaban J connectivity index is 1.22. The molecule has 0 saturated carbocycles. The number of benzene rings is 3. The maximum absolute atomic E-state index is 12.8. The van der Waals surface area contributed by atoms with Crippen molar-refractivity contribution in [3.63, 3.8) is 0 Å². The standard InChI is InChI=1S/C27H26N4O2/c1-2-33-24-11-9-21(10-12-24)27(32)31-17-15-30(16-18-31)26-14-13-25(28-29-26)23-8-7-20-5-3-4-6-22(20)19-23/h3-14,19H,2,15-18H2,1H3. The quantitative estimate of drug-likeness (QED) is 0.454. The first-order valence-corrected chi connectivity index (χ1v) is 11.3. The van der Waals surface area contributed by atoms with E-state index in [9.17, 15) is 4.79 Å². The highest BCUT2D eigenvalue weighted by atomic mass is 16.5. The minimum Gasteiger partial charge on any atom is -0.494 e. The molecule has 4 aromatic rings. The number of hydrogen-bond acceptors (Lipinski definition) is 5. The molecule has 166 valence electrons. The number of nitrogens with zero attached hydrogens (tertiary/aromatic N) is 4. The fourth-order valence-electron chi connectivity index (χ4n) is 4.18. The molecular weight excluding hydrogens is 412 g/mol. The first-order chi connectivity index (χ1) is 16.2. The monoisotopic (exact) mass is 438 g/mol. The van der Waals surface area contributed by atoms with Gasteiger partial charge in [0.25, 0.3) is 5.91 Å². The van der Waals surface area contributed by atoms with Gasteiger partial charge in [0.2, 0.25) is 0 Å². The Morgan fingerprint density at radius 3 is 2.30 bits per heavy atom. The second-order valence-corrected chi connectivity index (χ2v) is 8.08. The highest BCUT2D eigenvalue weighted by Gasteiger charge is 2.23. The number of aromatic nitrogens is 2. The molecule has 1 saturated heterocycles. The maximum atomic E-state index is 12.8. The molecule has 0 aliphatic carbocycles. The zero-order valence-electron chi connectivity index (χ0n) is 18.6. The van der Waals surface area contributed by atoms with E-state index in [-0.39, 0.29) is 5.91 Å². The summed E-state index contributed by atoms with van der Waals surface area (Å²) < 4.78 is 5.46. The Morgan fingerprint density at radius 2 is 1.61 bits per heavy atom. The zero-order chi connectivity index (χ0) is 22.6. The van der Waals surface area contributed by atoms with Gasteiger partial charge in [-0.1, -0.05) is 36.4 Å². The van der Waals surface area contributed by atoms with Crippen LogP contribution < -0.4 is 9.64 Å². The molecule has 1 amide bonds. The molecule has 6 heteroatoms. The van der Waals surface area contributed by atoms with Gasteiger partial charge in [0, 0.05) is 37.3 Å². The third-order valence-corrected chi connectivity index (χ3v) is 6.00. The second-order valence-electron chi connectivity index (χ2n) is 8.08. The van der Waals surface area contributed by atoms with Gasteiger partial charge in [0.05, 0.1) is 12.3 Å². The Hall–Kier alpha value is -3.93. The fourth-order valence-corrected chi connectivity index (χ4v) is 4.18. The lowest BCUT2D eigenvalue weighted by molar-refractivity contribution is 0.0746. The predicted molar refractivity (Wildman–Crippen MR) is 131 cm³/mol. The van der Waals surface area contributed by atoms with Crippen LogP contribution in [0.15, 0.2) is 78.9 Å². The van der Waals surface area contributed by atoms with Crippen LogP contribution >= 0.6 is 0 Å². The summed E-state index contributed by atoms with van der Waals surface area (Å²) in [6, 6.07) is 26.0. The second kappa shape index (κ2) is 9.28. The molecule has 33 heavy (non-hydrogen) atoms. The topological polar surface area (TPSA) is 58.6 Å². The number of piperazine rings is 1. The van der Waals surface area contributed by atoms with E-state index in [0.29, 0.717) is 25.3 Å². The maximum Gasteiger partial charge on any atom is 0.253 e. The van der Waals surface area contributed by atoms with Crippen molar-refractivity contribution in [3.8, 4) is 17.0 Å². The average Bonchev–Trinajstić information content (AvgIpc) is 2.89. The Morgan fingerprint density at radius 1 is 0.848 bits per heavy atom. The minimum atomic E-state index is 0.0513. The normalized spacial score (nSPS) is 13.8. The van der Waals surface area contributed by atoms with Crippen molar-refractivity contribution < 1.29 is 9.53 Å². The molecule has 6 nitrogen and oxygen atoms in total. The number of rotatable bonds is 5. The molecule has 5 rings (SSSR count). The van der Waals surface area contributed by atoms with Gasteiger partial charge in [0.15, 0.2) is 5.82 Å². The SMILES string of the molecule is CCOc1ccc(C(=O)N2CCN(c3ccc(-c4ccc5ccccc5c4)nn3)CC2)cc1. The Labute approximate surface area is 193 Å². The van der Waals surface area contributed by atoms with Gasteiger partial charge in [0.1, 0.15) is 5.75 Å². The molecule has 1 fully saturated rings. The summed E-state index contributed by atoms with van der Waals surface area (Å²) in [5, 5.41) is 11.3. The van der Waals surface area contributed by atoms with E-state index >= 15 is 0 Å². The number of carbonyl (C=O) groups excluding carboxylic acids is 1. The molecule has 0 atom stereocenters. The predicted octanol–water partition coefficient (Wildman–Crippen LogP) is 4.66. The molecule has 0 unspecified atom stereocenters. The molecule has 3 aromatic carbocycles. The lowest BCUT2D eigenvalue weighted by atomic mass is 10.1. The molecule has 1 aliphatic heterocycles. The van der Waals surface area contributed by atoms with Crippen molar-refractivity contribution in [3.05, 3.63) is 84.4 Å². The zero-order valence-corrected chi connectivity index (χ0v) is 18.6. The van der Waals surface area contributed by atoms with Crippen molar-refractivity contribution in [2.24, 2.45) is 0 Å². The third kappa shape index (κ3) is 4.51. The van der Waals surface area contributed by atoms with Crippen LogP contribution in [0.1, 0.15) is 17.3 Å². The molecular formula is C27H26N4O2. The summed E-state index contributed by atoms with van der Waals surface area (Å²) in [6.07, 6.45) is 0. The van der Waals surface area contributed by atoms with Gasteiger partial charge < -0.3 is 14.5 Å². The molecule has 0 spiro atoms. The number of ether oxygens (including phenoxy) is 1. The largest absolute Gasteiger partial charge is 0.494 e. The van der Waals surface area contributed by atoms with Crippen LogP contribution in [-0.2, 0) is 0 Å². The summed E-state index contributed by atoms with van der Waals surface area (Å²) in [6.45, 7) is 5.32. The lowest BCUT2D eigenvalue weighted by Gasteiger charge is -2.35. The van der Waals surface area contributed by atoms with Crippen LogP contribution in [0, 0.1) is 0 Å².